The molecule has 59 valence electrons. The molecule has 1 aromatic rings. The Morgan fingerprint density at radius 2 is 2.09 bits per heavy atom. The van der Waals surface area contributed by atoms with Crippen LogP contribution in [-0.2, 0) is 6.42 Å². The molecule has 1 rings (SSSR count). The van der Waals surface area contributed by atoms with Crippen LogP contribution >= 0.6 is 39.1 Å². The smallest absolute Gasteiger partial charge is 0.0488 e. The molecule has 0 aliphatic rings. The number of rotatable bonds is 2. The van der Waals surface area contributed by atoms with Gasteiger partial charge < -0.3 is 0 Å². The summed E-state index contributed by atoms with van der Waals surface area (Å²) in [6.07, 6.45) is 0.861. The second kappa shape index (κ2) is 4.34. The minimum atomic E-state index is 0.616. The van der Waals surface area contributed by atoms with Gasteiger partial charge in [0.1, 0.15) is 0 Å². The van der Waals surface area contributed by atoms with Crippen molar-refractivity contribution >= 4 is 39.1 Å². The molecular weight excluding hydrogens is 247 g/mol. The summed E-state index contributed by atoms with van der Waals surface area (Å²) >= 11 is 14.9. The molecule has 0 saturated heterocycles. The number of halogens is 3. The van der Waals surface area contributed by atoms with Crippen molar-refractivity contribution in [2.45, 2.75) is 6.42 Å². The van der Waals surface area contributed by atoms with Crippen LogP contribution in [-0.4, -0.2) is 5.33 Å². The van der Waals surface area contributed by atoms with Gasteiger partial charge in [0.15, 0.2) is 0 Å². The van der Waals surface area contributed by atoms with E-state index in [0.29, 0.717) is 5.02 Å². The van der Waals surface area contributed by atoms with Crippen molar-refractivity contribution in [2.75, 3.05) is 5.33 Å². The van der Waals surface area contributed by atoms with Gasteiger partial charge in [-0.25, -0.2) is 0 Å². The van der Waals surface area contributed by atoms with Crippen molar-refractivity contribution in [3.63, 3.8) is 0 Å². The van der Waals surface area contributed by atoms with E-state index in [9.17, 15) is 0 Å². The third-order valence-corrected chi connectivity index (χ3v) is 2.25. The summed E-state index contributed by atoms with van der Waals surface area (Å²) in [7, 11) is 0. The van der Waals surface area contributed by atoms with E-state index in [4.69, 9.17) is 23.2 Å². The average molecular weight is 253 g/mol. The molecule has 0 bridgehead atoms. The Morgan fingerprint density at radius 3 is 2.73 bits per heavy atom. The highest BCUT2D eigenvalue weighted by molar-refractivity contribution is 9.09. The minimum Gasteiger partial charge on any atom is -0.0924 e. The quantitative estimate of drug-likeness (QED) is 0.704. The Balaban J connectivity index is 2.93. The fraction of sp³-hybridized carbons (Fsp3) is 0.250. The van der Waals surface area contributed by atoms with Gasteiger partial charge in [-0.15, -0.1) is 0 Å². The first kappa shape index (κ1) is 9.37. The van der Waals surface area contributed by atoms with E-state index in [2.05, 4.69) is 22.0 Å². The largest absolute Gasteiger partial charge is 0.0924 e. The molecule has 0 amide bonds. The van der Waals surface area contributed by atoms with Gasteiger partial charge >= 0.3 is 0 Å². The monoisotopic (exact) mass is 251 g/mol. The number of aryl methyl sites for hydroxylation is 1. The van der Waals surface area contributed by atoms with Crippen LogP contribution in [0.15, 0.2) is 12.1 Å². The summed E-state index contributed by atoms with van der Waals surface area (Å²) < 4.78 is 0. The van der Waals surface area contributed by atoms with Crippen molar-refractivity contribution in [3.05, 3.63) is 33.8 Å². The highest BCUT2D eigenvalue weighted by Crippen LogP contribution is 2.20. The van der Waals surface area contributed by atoms with E-state index in [-0.39, 0.29) is 0 Å². The van der Waals surface area contributed by atoms with Crippen molar-refractivity contribution in [3.8, 4) is 0 Å². The van der Waals surface area contributed by atoms with Gasteiger partial charge in [0.05, 0.1) is 0 Å². The van der Waals surface area contributed by atoms with E-state index in [1.54, 1.807) is 12.1 Å². The maximum absolute atomic E-state index is 5.86. The van der Waals surface area contributed by atoms with E-state index in [0.717, 1.165) is 22.3 Å². The van der Waals surface area contributed by atoms with Gasteiger partial charge in [-0.3, -0.25) is 0 Å². The molecule has 0 aromatic heterocycles. The van der Waals surface area contributed by atoms with Crippen molar-refractivity contribution < 1.29 is 0 Å². The first-order valence-electron chi connectivity index (χ1n) is 3.16. The van der Waals surface area contributed by atoms with Crippen LogP contribution in [0, 0.1) is 6.07 Å². The lowest BCUT2D eigenvalue weighted by atomic mass is 10.2. The van der Waals surface area contributed by atoms with E-state index < -0.39 is 0 Å². The zero-order valence-corrected chi connectivity index (χ0v) is 8.80. The Kier molecular flexibility index (Phi) is 3.70. The van der Waals surface area contributed by atoms with E-state index in [1.165, 1.54) is 0 Å². The Bertz CT molecular complexity index is 248. The molecule has 0 unspecified atom stereocenters. The lowest BCUT2D eigenvalue weighted by molar-refractivity contribution is 1.16. The predicted molar refractivity (Wildman–Crippen MR) is 52.8 cm³/mol. The SMILES string of the molecule is Clc1[c]c(CCBr)c(Cl)cc1. The lowest BCUT2D eigenvalue weighted by Gasteiger charge is -2.00. The number of hydrogen-bond acceptors (Lipinski definition) is 0. The van der Waals surface area contributed by atoms with Crippen LogP contribution in [0.1, 0.15) is 5.56 Å². The van der Waals surface area contributed by atoms with Gasteiger partial charge in [0.2, 0.25) is 0 Å². The zero-order chi connectivity index (χ0) is 8.27. The van der Waals surface area contributed by atoms with Crippen LogP contribution in [0.25, 0.3) is 0 Å². The molecule has 1 radical (unpaired) electrons. The summed E-state index contributed by atoms with van der Waals surface area (Å²) in [5.74, 6) is 0. The fourth-order valence-electron chi connectivity index (χ4n) is 0.769. The molecule has 0 saturated carbocycles. The molecular formula is C8H6BrCl2. The minimum absolute atomic E-state index is 0.616. The van der Waals surface area contributed by atoms with Crippen LogP contribution in [0.5, 0.6) is 0 Å². The molecule has 0 N–H and O–H groups in total. The summed E-state index contributed by atoms with van der Waals surface area (Å²) in [6, 6.07) is 6.51. The maximum Gasteiger partial charge on any atom is 0.0488 e. The summed E-state index contributed by atoms with van der Waals surface area (Å²) in [4.78, 5) is 0. The molecule has 0 nitrogen and oxygen atoms in total. The lowest BCUT2D eigenvalue weighted by Crippen LogP contribution is -1.87. The summed E-state index contributed by atoms with van der Waals surface area (Å²) in [6.45, 7) is 0. The third kappa shape index (κ3) is 2.66. The van der Waals surface area contributed by atoms with Crippen molar-refractivity contribution in [1.29, 1.82) is 0 Å². The van der Waals surface area contributed by atoms with Crippen molar-refractivity contribution in [2.24, 2.45) is 0 Å². The zero-order valence-electron chi connectivity index (χ0n) is 5.70. The first-order chi connectivity index (χ1) is 5.24. The van der Waals surface area contributed by atoms with Crippen LogP contribution in [0.4, 0.5) is 0 Å². The topological polar surface area (TPSA) is 0 Å². The van der Waals surface area contributed by atoms with Gasteiger partial charge in [0.25, 0.3) is 0 Å². The highest BCUT2D eigenvalue weighted by Gasteiger charge is 1.99. The third-order valence-electron chi connectivity index (χ3n) is 1.28. The van der Waals surface area contributed by atoms with Gasteiger partial charge in [0, 0.05) is 21.4 Å². The molecule has 0 fully saturated rings. The fourth-order valence-corrected chi connectivity index (χ4v) is 1.55. The van der Waals surface area contributed by atoms with Crippen molar-refractivity contribution in [1.82, 2.24) is 0 Å². The molecule has 0 atom stereocenters. The molecule has 0 aliphatic carbocycles. The van der Waals surface area contributed by atoms with Crippen LogP contribution < -0.4 is 0 Å². The van der Waals surface area contributed by atoms with E-state index >= 15 is 0 Å². The van der Waals surface area contributed by atoms with E-state index in [1.807, 2.05) is 0 Å². The summed E-state index contributed by atoms with van der Waals surface area (Å²) in [5.41, 5.74) is 0.969. The predicted octanol–water partition coefficient (Wildman–Crippen LogP) is 3.73. The Labute approximate surface area is 84.6 Å². The molecule has 0 spiro atoms. The average Bonchev–Trinajstić information content (AvgIpc) is 1.98. The normalized spacial score (nSPS) is 10.1. The number of hydrogen-bond donors (Lipinski definition) is 0. The van der Waals surface area contributed by atoms with Gasteiger partial charge in [-0.05, 0) is 24.1 Å². The summed E-state index contributed by atoms with van der Waals surface area (Å²) in [5, 5.41) is 2.23. The van der Waals surface area contributed by atoms with Crippen LogP contribution in [0.2, 0.25) is 10.0 Å². The Morgan fingerprint density at radius 1 is 1.36 bits per heavy atom. The standard InChI is InChI=1S/C8H6BrCl2/c9-4-3-6-5-7(10)1-2-8(6)11/h1-2H,3-4H2. The number of alkyl halides is 1. The highest BCUT2D eigenvalue weighted by atomic mass is 79.9. The van der Waals surface area contributed by atoms with Gasteiger partial charge in [-0.2, -0.15) is 0 Å². The second-order valence-electron chi connectivity index (χ2n) is 2.07. The number of benzene rings is 1. The second-order valence-corrected chi connectivity index (χ2v) is 3.68. The van der Waals surface area contributed by atoms with Crippen LogP contribution in [0.3, 0.4) is 0 Å². The molecule has 0 heterocycles. The molecule has 1 aromatic carbocycles. The first-order valence-corrected chi connectivity index (χ1v) is 5.04. The molecule has 11 heavy (non-hydrogen) atoms. The molecule has 0 aliphatic heterocycles. The molecule has 3 heteroatoms. The Hall–Kier alpha value is 0.280. The van der Waals surface area contributed by atoms with Gasteiger partial charge in [-0.1, -0.05) is 39.1 Å². The maximum atomic E-state index is 5.86.